The maximum Gasteiger partial charge on any atom is 0.262 e. The lowest BCUT2D eigenvalue weighted by Crippen LogP contribution is -1.76. The largest absolute Gasteiger partial charge is 0.469 e. The van der Waals surface area contributed by atoms with Gasteiger partial charge >= 0.3 is 0 Å². The summed E-state index contributed by atoms with van der Waals surface area (Å²) in [6, 6.07) is 1.80. The highest BCUT2D eigenvalue weighted by Crippen LogP contribution is 2.22. The van der Waals surface area contributed by atoms with Gasteiger partial charge in [-0.1, -0.05) is 5.16 Å². The minimum Gasteiger partial charge on any atom is -0.469 e. The lowest BCUT2D eigenvalue weighted by Gasteiger charge is -1.86. The van der Waals surface area contributed by atoms with Gasteiger partial charge in [0, 0.05) is 22.6 Å². The minimum atomic E-state index is 0.505. The summed E-state index contributed by atoms with van der Waals surface area (Å²) in [6.45, 7) is 1.85. The predicted octanol–water partition coefficient (Wildman–Crippen LogP) is 2.24. The number of hydrogen-bond donors (Lipinski definition) is 0. The molecule has 0 atom stereocenters. The van der Waals surface area contributed by atoms with Gasteiger partial charge in [-0.2, -0.15) is 4.98 Å². The Morgan fingerprint density at radius 3 is 2.83 bits per heavy atom. The summed E-state index contributed by atoms with van der Waals surface area (Å²) < 4.78 is 10.7. The summed E-state index contributed by atoms with van der Waals surface area (Å²) in [5.74, 6) is 1.29. The highest BCUT2D eigenvalue weighted by Gasteiger charge is 2.11. The van der Waals surface area contributed by atoms with Gasteiger partial charge in [-0.05, 0) is 13.0 Å². The van der Waals surface area contributed by atoms with Crippen molar-refractivity contribution in [3.63, 3.8) is 0 Å². The molecule has 12 heavy (non-hydrogen) atoms. The van der Waals surface area contributed by atoms with Crippen molar-refractivity contribution in [1.82, 2.24) is 10.1 Å². The Morgan fingerprint density at radius 1 is 1.50 bits per heavy atom. The summed E-state index contributed by atoms with van der Waals surface area (Å²) in [4.78, 5) is 4.06. The predicted molar refractivity (Wildman–Crippen MR) is 49.5 cm³/mol. The molecule has 0 aliphatic carbocycles. The molecule has 62 valence electrons. The first-order valence-corrected chi connectivity index (χ1v) is 4.39. The molecule has 5 heteroatoms. The molecule has 2 aromatic heterocycles. The fourth-order valence-corrected chi connectivity index (χ4v) is 1.24. The van der Waals surface area contributed by atoms with Crippen LogP contribution in [0.15, 0.2) is 21.3 Å². The second-order valence-electron chi connectivity index (χ2n) is 2.26. The van der Waals surface area contributed by atoms with Crippen LogP contribution in [-0.4, -0.2) is 10.1 Å². The van der Waals surface area contributed by atoms with Gasteiger partial charge in [0.15, 0.2) is 0 Å². The van der Waals surface area contributed by atoms with Crippen LogP contribution in [0.25, 0.3) is 11.5 Å². The highest BCUT2D eigenvalue weighted by atomic mass is 127. The molecule has 0 radical (unpaired) electrons. The SMILES string of the molecule is Cc1occc1-c1nc(I)no1. The second-order valence-corrected chi connectivity index (χ2v) is 3.22. The van der Waals surface area contributed by atoms with Crippen molar-refractivity contribution in [2.45, 2.75) is 6.92 Å². The monoisotopic (exact) mass is 276 g/mol. The second kappa shape index (κ2) is 2.89. The van der Waals surface area contributed by atoms with Crippen LogP contribution in [0.2, 0.25) is 0 Å². The number of aromatic nitrogens is 2. The van der Waals surface area contributed by atoms with Crippen LogP contribution in [0.5, 0.6) is 0 Å². The summed E-state index contributed by atoms with van der Waals surface area (Å²) >= 11 is 1.99. The highest BCUT2D eigenvalue weighted by molar-refractivity contribution is 14.1. The summed E-state index contributed by atoms with van der Waals surface area (Å²) in [7, 11) is 0. The van der Waals surface area contributed by atoms with Crippen LogP contribution in [-0.2, 0) is 0 Å². The normalized spacial score (nSPS) is 10.5. The van der Waals surface area contributed by atoms with E-state index in [1.54, 1.807) is 12.3 Å². The molecular weight excluding hydrogens is 271 g/mol. The number of halogens is 1. The zero-order valence-corrected chi connectivity index (χ0v) is 8.40. The van der Waals surface area contributed by atoms with Crippen molar-refractivity contribution >= 4 is 22.6 Å². The van der Waals surface area contributed by atoms with Gasteiger partial charge in [0.05, 0.1) is 11.8 Å². The van der Waals surface area contributed by atoms with Crippen molar-refractivity contribution in [2.75, 3.05) is 0 Å². The smallest absolute Gasteiger partial charge is 0.262 e. The van der Waals surface area contributed by atoms with Crippen molar-refractivity contribution < 1.29 is 8.94 Å². The molecule has 2 heterocycles. The zero-order chi connectivity index (χ0) is 8.55. The lowest BCUT2D eigenvalue weighted by molar-refractivity contribution is 0.424. The molecule has 0 spiro atoms. The third kappa shape index (κ3) is 1.24. The number of nitrogens with zero attached hydrogens (tertiary/aromatic N) is 2. The fourth-order valence-electron chi connectivity index (χ4n) is 0.922. The van der Waals surface area contributed by atoms with E-state index in [1.807, 2.05) is 29.5 Å². The molecule has 0 aromatic carbocycles. The summed E-state index contributed by atoms with van der Waals surface area (Å²) in [6.07, 6.45) is 1.60. The Morgan fingerprint density at radius 2 is 2.33 bits per heavy atom. The lowest BCUT2D eigenvalue weighted by atomic mass is 10.3. The van der Waals surface area contributed by atoms with Crippen LogP contribution in [0, 0.1) is 10.8 Å². The average Bonchev–Trinajstić information content (AvgIpc) is 2.58. The third-order valence-electron chi connectivity index (χ3n) is 1.49. The maximum absolute atomic E-state index is 5.10. The molecule has 0 saturated carbocycles. The molecule has 0 N–H and O–H groups in total. The first-order valence-electron chi connectivity index (χ1n) is 3.31. The van der Waals surface area contributed by atoms with Crippen molar-refractivity contribution in [3.05, 3.63) is 21.9 Å². The minimum absolute atomic E-state index is 0.505. The van der Waals surface area contributed by atoms with Gasteiger partial charge in [0.25, 0.3) is 5.89 Å². The van der Waals surface area contributed by atoms with E-state index in [2.05, 4.69) is 10.1 Å². The number of aryl methyl sites for hydroxylation is 1. The first kappa shape index (κ1) is 7.78. The molecule has 0 saturated heterocycles. The molecule has 0 aliphatic heterocycles. The molecule has 0 amide bonds. The number of rotatable bonds is 1. The molecule has 4 nitrogen and oxygen atoms in total. The van der Waals surface area contributed by atoms with Crippen LogP contribution < -0.4 is 0 Å². The summed E-state index contributed by atoms with van der Waals surface area (Å²) in [5, 5.41) is 3.67. The fraction of sp³-hybridized carbons (Fsp3) is 0.143. The Hall–Kier alpha value is -0.850. The van der Waals surface area contributed by atoms with Crippen LogP contribution in [0.4, 0.5) is 0 Å². The zero-order valence-electron chi connectivity index (χ0n) is 6.24. The van der Waals surface area contributed by atoms with Gasteiger partial charge in [0.1, 0.15) is 5.76 Å². The Labute approximate surface area is 82.1 Å². The molecular formula is C7H5IN2O2. The van der Waals surface area contributed by atoms with Crippen molar-refractivity contribution in [3.8, 4) is 11.5 Å². The van der Waals surface area contributed by atoms with Crippen LogP contribution in [0.1, 0.15) is 5.76 Å². The number of furan rings is 1. The Kier molecular flexibility index (Phi) is 1.87. The number of hydrogen-bond acceptors (Lipinski definition) is 4. The first-order chi connectivity index (χ1) is 5.77. The van der Waals surface area contributed by atoms with E-state index >= 15 is 0 Å². The van der Waals surface area contributed by atoms with E-state index in [0.717, 1.165) is 11.3 Å². The molecule has 0 aliphatic rings. The molecule has 0 unspecified atom stereocenters. The molecule has 2 aromatic rings. The maximum atomic E-state index is 5.10. The summed E-state index contributed by atoms with van der Waals surface area (Å²) in [5.41, 5.74) is 0.852. The topological polar surface area (TPSA) is 52.1 Å². The van der Waals surface area contributed by atoms with Gasteiger partial charge in [0.2, 0.25) is 3.83 Å². The molecule has 0 bridgehead atoms. The van der Waals surface area contributed by atoms with Gasteiger partial charge < -0.3 is 8.94 Å². The van der Waals surface area contributed by atoms with E-state index in [-0.39, 0.29) is 0 Å². The quantitative estimate of drug-likeness (QED) is 0.749. The van der Waals surface area contributed by atoms with Crippen LogP contribution >= 0.6 is 22.6 Å². The Balaban J connectivity index is 2.50. The van der Waals surface area contributed by atoms with Gasteiger partial charge in [-0.15, -0.1) is 0 Å². The van der Waals surface area contributed by atoms with E-state index in [9.17, 15) is 0 Å². The van der Waals surface area contributed by atoms with Gasteiger partial charge in [-0.25, -0.2) is 0 Å². The third-order valence-corrected chi connectivity index (χ3v) is 1.93. The molecule has 0 fully saturated rings. The van der Waals surface area contributed by atoms with Crippen molar-refractivity contribution in [2.24, 2.45) is 0 Å². The van der Waals surface area contributed by atoms with Crippen LogP contribution in [0.3, 0.4) is 0 Å². The van der Waals surface area contributed by atoms with Gasteiger partial charge in [-0.3, -0.25) is 0 Å². The standard InChI is InChI=1S/C7H5IN2O2/c1-4-5(2-3-11-4)6-9-7(8)10-12-6/h2-3H,1H3. The van der Waals surface area contributed by atoms with Crippen molar-refractivity contribution in [1.29, 1.82) is 0 Å². The van der Waals surface area contributed by atoms with E-state index in [1.165, 1.54) is 0 Å². The average molecular weight is 276 g/mol. The Bertz CT molecular complexity index is 394. The van der Waals surface area contributed by atoms with E-state index < -0.39 is 0 Å². The van der Waals surface area contributed by atoms with E-state index in [4.69, 9.17) is 8.94 Å². The molecule has 2 rings (SSSR count). The van der Waals surface area contributed by atoms with E-state index in [0.29, 0.717) is 9.72 Å².